The average molecular weight is 491 g/mol. The summed E-state index contributed by atoms with van der Waals surface area (Å²) in [6, 6.07) is 15.1. The lowest BCUT2D eigenvalue weighted by Gasteiger charge is -1.96. The second-order valence-corrected chi connectivity index (χ2v) is 8.19. The molecule has 168 valence electrons. The Hall–Kier alpha value is -4.14. The summed E-state index contributed by atoms with van der Waals surface area (Å²) in [5, 5.41) is 19.7. The average Bonchev–Trinajstić information content (AvgIpc) is 3.58. The van der Waals surface area contributed by atoms with E-state index in [1.165, 1.54) is 12.4 Å². The van der Waals surface area contributed by atoms with E-state index in [2.05, 4.69) is 31.0 Å². The molecule has 0 aliphatic carbocycles. The summed E-state index contributed by atoms with van der Waals surface area (Å²) in [5.74, 6) is -0.256. The molecular weight excluding hydrogens is 475 g/mol. The Morgan fingerprint density at radius 3 is 1.44 bits per heavy atom. The van der Waals surface area contributed by atoms with Crippen LogP contribution in [0.5, 0.6) is 0 Å². The molecule has 8 nitrogen and oxygen atoms in total. The maximum atomic E-state index is 11.8. The molecule has 0 bridgehead atoms. The van der Waals surface area contributed by atoms with Crippen molar-refractivity contribution in [3.63, 3.8) is 0 Å². The number of amides is 2. The molecule has 2 aromatic heterocycles. The van der Waals surface area contributed by atoms with Crippen LogP contribution in [0.3, 0.4) is 0 Å². The Morgan fingerprint density at radius 1 is 0.647 bits per heavy atom. The van der Waals surface area contributed by atoms with Gasteiger partial charge in [0.1, 0.15) is 0 Å². The summed E-state index contributed by atoms with van der Waals surface area (Å²) < 4.78 is 0. The molecule has 2 amide bonds. The number of aromatic amines is 2. The second kappa shape index (κ2) is 9.01. The van der Waals surface area contributed by atoms with Crippen molar-refractivity contribution >= 4 is 69.7 Å². The van der Waals surface area contributed by atoms with E-state index in [4.69, 9.17) is 23.2 Å². The summed E-state index contributed by atoms with van der Waals surface area (Å²) in [7, 11) is 0. The van der Waals surface area contributed by atoms with Crippen LogP contribution in [0.2, 0.25) is 10.0 Å². The predicted molar refractivity (Wildman–Crippen MR) is 133 cm³/mol. The van der Waals surface area contributed by atoms with Crippen LogP contribution in [-0.4, -0.2) is 32.2 Å². The smallest absolute Gasteiger partial charge is 0.256 e. The van der Waals surface area contributed by atoms with Gasteiger partial charge in [-0.05, 0) is 24.3 Å². The van der Waals surface area contributed by atoms with Gasteiger partial charge in [0.2, 0.25) is 0 Å². The minimum absolute atomic E-state index is 0.128. The van der Waals surface area contributed by atoms with E-state index in [1.807, 2.05) is 48.5 Å². The lowest BCUT2D eigenvalue weighted by atomic mass is 10.1. The molecule has 34 heavy (non-hydrogen) atoms. The van der Waals surface area contributed by atoms with Gasteiger partial charge in [0.25, 0.3) is 11.8 Å². The summed E-state index contributed by atoms with van der Waals surface area (Å²) in [6.07, 6.45) is 6.42. The SMILES string of the molecule is O=C1Nc2ccccc2C1=Cc1[nH]ncc1Cl.O=C1Nc2ccccc2C1=Cc1[nH]ncc1Cl. The third-order valence-corrected chi connectivity index (χ3v) is 5.84. The monoisotopic (exact) mass is 490 g/mol. The number of benzene rings is 2. The minimum atomic E-state index is -0.128. The number of hydrogen-bond donors (Lipinski definition) is 4. The molecule has 6 rings (SSSR count). The van der Waals surface area contributed by atoms with E-state index >= 15 is 0 Å². The molecule has 4 N–H and O–H groups in total. The molecule has 0 unspecified atom stereocenters. The number of H-pyrrole nitrogens is 2. The van der Waals surface area contributed by atoms with Crippen molar-refractivity contribution < 1.29 is 9.59 Å². The molecule has 0 saturated carbocycles. The van der Waals surface area contributed by atoms with Gasteiger partial charge in [-0.3, -0.25) is 19.8 Å². The first-order chi connectivity index (χ1) is 16.5. The van der Waals surface area contributed by atoms with Gasteiger partial charge in [-0.2, -0.15) is 10.2 Å². The third kappa shape index (κ3) is 4.12. The number of anilines is 2. The first-order valence-electron chi connectivity index (χ1n) is 10.1. The van der Waals surface area contributed by atoms with Crippen LogP contribution in [-0.2, 0) is 9.59 Å². The Balaban J connectivity index is 0.000000142. The largest absolute Gasteiger partial charge is 0.321 e. The molecule has 4 aromatic rings. The molecule has 2 aliphatic heterocycles. The van der Waals surface area contributed by atoms with Crippen molar-refractivity contribution in [2.75, 3.05) is 10.6 Å². The van der Waals surface area contributed by atoms with Crippen molar-refractivity contribution in [1.82, 2.24) is 20.4 Å². The highest BCUT2D eigenvalue weighted by Crippen LogP contribution is 2.34. The molecule has 2 aromatic carbocycles. The van der Waals surface area contributed by atoms with Gasteiger partial charge >= 0.3 is 0 Å². The fraction of sp³-hybridized carbons (Fsp3) is 0. The van der Waals surface area contributed by atoms with Gasteiger partial charge in [0, 0.05) is 22.5 Å². The maximum Gasteiger partial charge on any atom is 0.256 e. The predicted octanol–water partition coefficient (Wildman–Crippen LogP) is 5.11. The van der Waals surface area contributed by atoms with Crippen LogP contribution in [0.4, 0.5) is 11.4 Å². The van der Waals surface area contributed by atoms with Gasteiger partial charge < -0.3 is 10.6 Å². The number of carbonyl (C=O) groups is 2. The molecule has 0 fully saturated rings. The highest BCUT2D eigenvalue weighted by molar-refractivity contribution is 6.37. The molecule has 0 radical (unpaired) electrons. The minimum Gasteiger partial charge on any atom is -0.321 e. The number of para-hydroxylation sites is 2. The Morgan fingerprint density at radius 2 is 1.06 bits per heavy atom. The van der Waals surface area contributed by atoms with E-state index in [0.29, 0.717) is 32.6 Å². The van der Waals surface area contributed by atoms with Crippen molar-refractivity contribution in [3.05, 3.63) is 93.5 Å². The van der Waals surface area contributed by atoms with Crippen LogP contribution in [0, 0.1) is 0 Å². The molecule has 4 heterocycles. The molecule has 0 atom stereocenters. The quantitative estimate of drug-likeness (QED) is 0.292. The lowest BCUT2D eigenvalue weighted by molar-refractivity contribution is -0.111. The number of fused-ring (bicyclic) bond motifs is 2. The normalized spacial score (nSPS) is 16.1. The van der Waals surface area contributed by atoms with E-state index in [9.17, 15) is 9.59 Å². The maximum absolute atomic E-state index is 11.8. The number of aromatic nitrogens is 4. The standard InChI is InChI=1S/2C12H8ClN3O/c2*13-9-6-14-16-11(9)5-8-7-3-1-2-4-10(7)15-12(8)17/h2*1-6H,(H,14,16)(H,15,17). The molecule has 2 aliphatic rings. The zero-order valence-electron chi connectivity index (χ0n) is 17.4. The zero-order valence-corrected chi connectivity index (χ0v) is 18.9. The highest BCUT2D eigenvalue weighted by Gasteiger charge is 2.24. The molecular formula is C24H16Cl2N6O2. The van der Waals surface area contributed by atoms with E-state index in [-0.39, 0.29) is 11.8 Å². The number of nitrogens with zero attached hydrogens (tertiary/aromatic N) is 2. The lowest BCUT2D eigenvalue weighted by Crippen LogP contribution is -2.03. The van der Waals surface area contributed by atoms with Gasteiger partial charge in [-0.25, -0.2) is 0 Å². The summed E-state index contributed by atoms with van der Waals surface area (Å²) in [5.41, 5.74) is 5.84. The number of carbonyl (C=O) groups excluding carboxylic acids is 2. The van der Waals surface area contributed by atoms with Crippen LogP contribution in [0.15, 0.2) is 60.9 Å². The van der Waals surface area contributed by atoms with Crippen molar-refractivity contribution in [1.29, 1.82) is 0 Å². The Bertz CT molecular complexity index is 1370. The van der Waals surface area contributed by atoms with Crippen molar-refractivity contribution in [3.8, 4) is 0 Å². The Labute approximate surface area is 203 Å². The summed E-state index contributed by atoms with van der Waals surface area (Å²) in [6.45, 7) is 0. The third-order valence-electron chi connectivity index (χ3n) is 5.24. The first kappa shape index (κ1) is 21.7. The molecule has 0 spiro atoms. The van der Waals surface area contributed by atoms with Crippen molar-refractivity contribution in [2.45, 2.75) is 0 Å². The molecule has 0 saturated heterocycles. The zero-order chi connectivity index (χ0) is 23.7. The van der Waals surface area contributed by atoms with E-state index in [1.54, 1.807) is 12.2 Å². The van der Waals surface area contributed by atoms with E-state index in [0.717, 1.165) is 22.5 Å². The van der Waals surface area contributed by atoms with Gasteiger partial charge in [-0.15, -0.1) is 0 Å². The van der Waals surface area contributed by atoms with Crippen molar-refractivity contribution in [2.24, 2.45) is 0 Å². The van der Waals surface area contributed by atoms with Crippen LogP contribution in [0.1, 0.15) is 22.5 Å². The number of nitrogens with one attached hydrogen (secondary N) is 4. The Kier molecular flexibility index (Phi) is 5.75. The topological polar surface area (TPSA) is 116 Å². The van der Waals surface area contributed by atoms with E-state index < -0.39 is 0 Å². The number of hydrogen-bond acceptors (Lipinski definition) is 4. The summed E-state index contributed by atoms with van der Waals surface area (Å²) >= 11 is 11.8. The fourth-order valence-corrected chi connectivity index (χ4v) is 3.91. The van der Waals surface area contributed by atoms with Crippen LogP contribution in [0.25, 0.3) is 23.3 Å². The van der Waals surface area contributed by atoms with Crippen LogP contribution >= 0.6 is 23.2 Å². The highest BCUT2D eigenvalue weighted by atomic mass is 35.5. The van der Waals surface area contributed by atoms with Gasteiger partial charge in [0.05, 0.1) is 45.0 Å². The number of halogens is 2. The number of rotatable bonds is 2. The van der Waals surface area contributed by atoms with Gasteiger partial charge in [-0.1, -0.05) is 59.6 Å². The fourth-order valence-electron chi connectivity index (χ4n) is 3.62. The van der Waals surface area contributed by atoms with Gasteiger partial charge in [0.15, 0.2) is 0 Å². The first-order valence-corrected chi connectivity index (χ1v) is 10.9. The second-order valence-electron chi connectivity index (χ2n) is 7.38. The molecule has 10 heteroatoms. The van der Waals surface area contributed by atoms with Crippen LogP contribution < -0.4 is 10.6 Å². The summed E-state index contributed by atoms with van der Waals surface area (Å²) in [4.78, 5) is 23.6.